The molecular formula is C21H22N4O4. The highest BCUT2D eigenvalue weighted by Gasteiger charge is 2.17. The second-order valence-corrected chi connectivity index (χ2v) is 5.97. The predicted molar refractivity (Wildman–Crippen MR) is 110 cm³/mol. The normalized spacial score (nSPS) is 10.2. The van der Waals surface area contributed by atoms with Crippen molar-refractivity contribution in [2.45, 2.75) is 6.54 Å². The maximum atomic E-state index is 12.6. The lowest BCUT2D eigenvalue weighted by atomic mass is 10.1. The van der Waals surface area contributed by atoms with E-state index >= 15 is 0 Å². The number of pyridine rings is 2. The molecule has 29 heavy (non-hydrogen) atoms. The molecule has 0 aliphatic carbocycles. The first kappa shape index (κ1) is 19.9. The van der Waals surface area contributed by atoms with E-state index in [0.29, 0.717) is 40.9 Å². The summed E-state index contributed by atoms with van der Waals surface area (Å²) in [5.74, 6) is 1.60. The van der Waals surface area contributed by atoms with Gasteiger partial charge in [0, 0.05) is 11.8 Å². The number of nitrogens with one attached hydrogen (secondary N) is 2. The van der Waals surface area contributed by atoms with Gasteiger partial charge in [-0.2, -0.15) is 0 Å². The third kappa shape index (κ3) is 4.92. The Morgan fingerprint density at radius 2 is 1.72 bits per heavy atom. The van der Waals surface area contributed by atoms with Crippen LogP contribution in [0.4, 0.5) is 11.5 Å². The van der Waals surface area contributed by atoms with Gasteiger partial charge in [0.1, 0.15) is 5.82 Å². The molecule has 0 aliphatic heterocycles. The topological polar surface area (TPSA) is 94.6 Å². The van der Waals surface area contributed by atoms with Crippen LogP contribution in [0.15, 0.2) is 54.9 Å². The molecule has 0 bridgehead atoms. The number of ether oxygens (including phenoxy) is 3. The number of carbonyl (C=O) groups excluding carboxylic acids is 1. The second-order valence-electron chi connectivity index (χ2n) is 5.97. The van der Waals surface area contributed by atoms with E-state index in [1.807, 2.05) is 18.2 Å². The van der Waals surface area contributed by atoms with Gasteiger partial charge < -0.3 is 24.8 Å². The standard InChI is InChI=1S/C21H22N4O4/c1-27-17-10-14(11-18(28-2)20(17)29-3)21(26)25-16-7-8-19(24-13-16)23-12-15-6-4-5-9-22-15/h4-11,13H,12H2,1-3H3,(H,23,24)(H,25,26). The van der Waals surface area contributed by atoms with Crippen LogP contribution in [0.1, 0.15) is 16.1 Å². The number of methoxy groups -OCH3 is 3. The highest BCUT2D eigenvalue weighted by atomic mass is 16.5. The van der Waals surface area contributed by atoms with E-state index < -0.39 is 0 Å². The third-order valence-electron chi connectivity index (χ3n) is 4.13. The summed E-state index contributed by atoms with van der Waals surface area (Å²) in [5, 5.41) is 5.99. The van der Waals surface area contributed by atoms with E-state index in [-0.39, 0.29) is 5.91 Å². The molecule has 0 saturated carbocycles. The zero-order valence-electron chi connectivity index (χ0n) is 16.4. The Kier molecular flexibility index (Phi) is 6.47. The number of nitrogens with zero attached hydrogens (tertiary/aromatic N) is 2. The third-order valence-corrected chi connectivity index (χ3v) is 4.13. The van der Waals surface area contributed by atoms with Gasteiger partial charge in [-0.15, -0.1) is 0 Å². The highest BCUT2D eigenvalue weighted by molar-refractivity contribution is 6.05. The van der Waals surface area contributed by atoms with E-state index in [0.717, 1.165) is 5.69 Å². The van der Waals surface area contributed by atoms with Crippen LogP contribution < -0.4 is 24.8 Å². The number of carbonyl (C=O) groups is 1. The van der Waals surface area contributed by atoms with Crippen molar-refractivity contribution >= 4 is 17.4 Å². The highest BCUT2D eigenvalue weighted by Crippen LogP contribution is 2.38. The molecular weight excluding hydrogens is 372 g/mol. The van der Waals surface area contributed by atoms with Gasteiger partial charge in [-0.25, -0.2) is 4.98 Å². The SMILES string of the molecule is COc1cc(C(=O)Nc2ccc(NCc3ccccn3)nc2)cc(OC)c1OC. The van der Waals surface area contributed by atoms with Crippen molar-refractivity contribution in [1.82, 2.24) is 9.97 Å². The van der Waals surface area contributed by atoms with Gasteiger partial charge >= 0.3 is 0 Å². The van der Waals surface area contributed by atoms with Crippen molar-refractivity contribution in [2.75, 3.05) is 32.0 Å². The quantitative estimate of drug-likeness (QED) is 0.605. The molecule has 2 heterocycles. The Balaban J connectivity index is 1.67. The minimum absolute atomic E-state index is 0.319. The van der Waals surface area contributed by atoms with Crippen LogP contribution in [-0.4, -0.2) is 37.2 Å². The summed E-state index contributed by atoms with van der Waals surface area (Å²) in [6.45, 7) is 0.560. The van der Waals surface area contributed by atoms with Crippen molar-refractivity contribution in [3.8, 4) is 17.2 Å². The Hall–Kier alpha value is -3.81. The van der Waals surface area contributed by atoms with Gasteiger partial charge in [0.2, 0.25) is 5.75 Å². The molecule has 0 aliphatic rings. The predicted octanol–water partition coefficient (Wildman–Crippen LogP) is 3.37. The Bertz CT molecular complexity index is 937. The summed E-state index contributed by atoms with van der Waals surface area (Å²) in [7, 11) is 4.51. The van der Waals surface area contributed by atoms with Gasteiger partial charge in [-0.1, -0.05) is 6.07 Å². The molecule has 150 valence electrons. The minimum atomic E-state index is -0.319. The lowest BCUT2D eigenvalue weighted by Crippen LogP contribution is -2.13. The van der Waals surface area contributed by atoms with Crippen LogP contribution >= 0.6 is 0 Å². The maximum Gasteiger partial charge on any atom is 0.255 e. The summed E-state index contributed by atoms with van der Waals surface area (Å²) >= 11 is 0. The minimum Gasteiger partial charge on any atom is -0.493 e. The number of hydrogen-bond acceptors (Lipinski definition) is 7. The first-order valence-corrected chi connectivity index (χ1v) is 8.85. The molecule has 0 spiro atoms. The molecule has 1 aromatic carbocycles. The Labute approximate surface area is 168 Å². The average molecular weight is 394 g/mol. The summed E-state index contributed by atoms with van der Waals surface area (Å²) in [4.78, 5) is 21.2. The second kappa shape index (κ2) is 9.41. The van der Waals surface area contributed by atoms with Crippen molar-refractivity contribution in [3.05, 3.63) is 66.1 Å². The fraction of sp³-hybridized carbons (Fsp3) is 0.190. The molecule has 8 nitrogen and oxygen atoms in total. The summed E-state index contributed by atoms with van der Waals surface area (Å²) < 4.78 is 15.9. The zero-order chi connectivity index (χ0) is 20.6. The van der Waals surface area contributed by atoms with Crippen molar-refractivity contribution in [2.24, 2.45) is 0 Å². The van der Waals surface area contributed by atoms with Gasteiger partial charge in [-0.05, 0) is 36.4 Å². The summed E-state index contributed by atoms with van der Waals surface area (Å²) in [5.41, 5.74) is 1.85. The molecule has 0 atom stereocenters. The molecule has 0 saturated heterocycles. The molecule has 8 heteroatoms. The van der Waals surface area contributed by atoms with Gasteiger partial charge in [0.15, 0.2) is 11.5 Å². The van der Waals surface area contributed by atoms with Gasteiger partial charge in [0.05, 0.1) is 45.5 Å². The summed E-state index contributed by atoms with van der Waals surface area (Å²) in [6, 6.07) is 12.5. The van der Waals surface area contributed by atoms with Crippen molar-refractivity contribution < 1.29 is 19.0 Å². The number of amides is 1. The number of benzene rings is 1. The van der Waals surface area contributed by atoms with Crippen LogP contribution in [0, 0.1) is 0 Å². The largest absolute Gasteiger partial charge is 0.493 e. The monoisotopic (exact) mass is 394 g/mol. The average Bonchev–Trinajstić information content (AvgIpc) is 2.78. The Morgan fingerprint density at radius 3 is 2.28 bits per heavy atom. The molecule has 2 aromatic heterocycles. The molecule has 0 radical (unpaired) electrons. The Morgan fingerprint density at radius 1 is 0.966 bits per heavy atom. The lowest BCUT2D eigenvalue weighted by Gasteiger charge is -2.14. The number of aromatic nitrogens is 2. The molecule has 3 rings (SSSR count). The molecule has 1 amide bonds. The molecule has 3 aromatic rings. The molecule has 0 fully saturated rings. The number of hydrogen-bond donors (Lipinski definition) is 2. The van der Waals surface area contributed by atoms with Crippen LogP contribution in [0.25, 0.3) is 0 Å². The van der Waals surface area contributed by atoms with Crippen molar-refractivity contribution in [3.63, 3.8) is 0 Å². The van der Waals surface area contributed by atoms with Gasteiger partial charge in [0.25, 0.3) is 5.91 Å². The van der Waals surface area contributed by atoms with E-state index in [4.69, 9.17) is 14.2 Å². The van der Waals surface area contributed by atoms with Crippen molar-refractivity contribution in [1.29, 1.82) is 0 Å². The summed E-state index contributed by atoms with van der Waals surface area (Å²) in [6.07, 6.45) is 3.32. The van der Waals surface area contributed by atoms with E-state index in [1.54, 1.807) is 36.7 Å². The van der Waals surface area contributed by atoms with Gasteiger partial charge in [-0.3, -0.25) is 9.78 Å². The van der Waals surface area contributed by atoms with E-state index in [2.05, 4.69) is 20.6 Å². The van der Waals surface area contributed by atoms with Crippen LogP contribution in [0.2, 0.25) is 0 Å². The zero-order valence-corrected chi connectivity index (χ0v) is 16.4. The first-order chi connectivity index (χ1) is 14.1. The van der Waals surface area contributed by atoms with Crippen LogP contribution in [0.5, 0.6) is 17.2 Å². The van der Waals surface area contributed by atoms with Crippen LogP contribution in [0.3, 0.4) is 0 Å². The molecule has 2 N–H and O–H groups in total. The molecule has 0 unspecified atom stereocenters. The fourth-order valence-electron chi connectivity index (χ4n) is 2.67. The smallest absolute Gasteiger partial charge is 0.255 e. The van der Waals surface area contributed by atoms with Crippen LogP contribution in [-0.2, 0) is 6.54 Å². The van der Waals surface area contributed by atoms with E-state index in [9.17, 15) is 4.79 Å². The number of rotatable bonds is 8. The lowest BCUT2D eigenvalue weighted by molar-refractivity contribution is 0.102. The number of anilines is 2. The van der Waals surface area contributed by atoms with E-state index in [1.165, 1.54) is 21.3 Å². The maximum absolute atomic E-state index is 12.6. The fourth-order valence-corrected chi connectivity index (χ4v) is 2.67. The first-order valence-electron chi connectivity index (χ1n) is 8.85.